The van der Waals surface area contributed by atoms with E-state index in [0.717, 1.165) is 5.56 Å². The predicted octanol–water partition coefficient (Wildman–Crippen LogP) is 2.33. The van der Waals surface area contributed by atoms with E-state index >= 15 is 0 Å². The van der Waals surface area contributed by atoms with E-state index in [2.05, 4.69) is 0 Å². The van der Waals surface area contributed by atoms with Crippen LogP contribution in [0.1, 0.15) is 35.7 Å². The lowest BCUT2D eigenvalue weighted by molar-refractivity contribution is 0.0598. The predicted molar refractivity (Wildman–Crippen MR) is 58.0 cm³/mol. The molecule has 0 fully saturated rings. The molecule has 0 saturated carbocycles. The van der Waals surface area contributed by atoms with Gasteiger partial charge in [0, 0.05) is 0 Å². The van der Waals surface area contributed by atoms with Crippen molar-refractivity contribution in [1.29, 1.82) is 0 Å². The number of carbonyl (C=O) groups is 1. The van der Waals surface area contributed by atoms with Crippen LogP contribution in [0, 0.1) is 0 Å². The summed E-state index contributed by atoms with van der Waals surface area (Å²) in [6, 6.07) is 3.53. The van der Waals surface area contributed by atoms with Crippen molar-refractivity contribution in [2.24, 2.45) is 0 Å². The molecule has 0 aliphatic carbocycles. The Morgan fingerprint density at radius 3 is 2.50 bits per heavy atom. The summed E-state index contributed by atoms with van der Waals surface area (Å²) >= 11 is 0. The molecule has 0 atom stereocenters. The van der Waals surface area contributed by atoms with Crippen LogP contribution in [0.5, 0.6) is 11.5 Å². The van der Waals surface area contributed by atoms with Crippen LogP contribution < -0.4 is 9.47 Å². The molecule has 0 aromatic heterocycles. The van der Waals surface area contributed by atoms with E-state index in [1.165, 1.54) is 7.11 Å². The van der Waals surface area contributed by atoms with Crippen molar-refractivity contribution in [3.63, 3.8) is 0 Å². The molecule has 0 bridgehead atoms. The van der Waals surface area contributed by atoms with Crippen molar-refractivity contribution >= 4 is 5.97 Å². The Morgan fingerprint density at radius 1 is 1.31 bits per heavy atom. The topological polar surface area (TPSA) is 44.8 Å². The number of methoxy groups -OCH3 is 1. The Kier molecular flexibility index (Phi) is 2.73. The molecule has 16 heavy (non-hydrogen) atoms. The maximum absolute atomic E-state index is 11.6. The Hall–Kier alpha value is -1.71. The van der Waals surface area contributed by atoms with E-state index in [1.54, 1.807) is 6.07 Å². The van der Waals surface area contributed by atoms with Crippen molar-refractivity contribution in [3.05, 3.63) is 23.3 Å². The van der Waals surface area contributed by atoms with Crippen LogP contribution in [0.3, 0.4) is 0 Å². The first-order valence-electron chi connectivity index (χ1n) is 5.15. The Morgan fingerprint density at radius 2 is 1.94 bits per heavy atom. The van der Waals surface area contributed by atoms with Gasteiger partial charge in [0.05, 0.1) is 12.7 Å². The first-order valence-corrected chi connectivity index (χ1v) is 5.15. The number of ether oxygens (including phenoxy) is 3. The summed E-state index contributed by atoms with van der Waals surface area (Å²) in [5.41, 5.74) is 1.46. The normalized spacial score (nSPS) is 13.0. The van der Waals surface area contributed by atoms with Gasteiger partial charge in [0.1, 0.15) is 0 Å². The SMILES string of the molecule is COC(=O)c1cc2c(cc1C(C)C)OCO2. The lowest BCUT2D eigenvalue weighted by Crippen LogP contribution is -2.06. The third-order valence-electron chi connectivity index (χ3n) is 2.57. The highest BCUT2D eigenvalue weighted by molar-refractivity contribution is 5.92. The second kappa shape index (κ2) is 4.04. The fraction of sp³-hybridized carbons (Fsp3) is 0.417. The van der Waals surface area contributed by atoms with E-state index in [1.807, 2.05) is 19.9 Å². The lowest BCUT2D eigenvalue weighted by atomic mass is 9.96. The number of hydrogen-bond acceptors (Lipinski definition) is 4. The molecule has 0 N–H and O–H groups in total. The molecule has 0 radical (unpaired) electrons. The van der Waals surface area contributed by atoms with E-state index in [4.69, 9.17) is 14.2 Å². The maximum Gasteiger partial charge on any atom is 0.338 e. The van der Waals surface area contributed by atoms with Gasteiger partial charge in [0.2, 0.25) is 6.79 Å². The summed E-state index contributed by atoms with van der Waals surface area (Å²) in [5.74, 6) is 1.17. The molecular formula is C12H14O4. The van der Waals surface area contributed by atoms with Gasteiger partial charge in [-0.25, -0.2) is 4.79 Å². The second-order valence-corrected chi connectivity index (χ2v) is 3.94. The largest absolute Gasteiger partial charge is 0.465 e. The standard InChI is InChI=1S/C12H14O4/c1-7(2)8-4-10-11(16-6-15-10)5-9(8)12(13)14-3/h4-5,7H,6H2,1-3H3. The number of esters is 1. The van der Waals surface area contributed by atoms with Gasteiger partial charge in [-0.3, -0.25) is 0 Å². The van der Waals surface area contributed by atoms with Gasteiger partial charge in [-0.2, -0.15) is 0 Å². The summed E-state index contributed by atoms with van der Waals surface area (Å²) in [6.07, 6.45) is 0. The minimum absolute atomic E-state index is 0.206. The van der Waals surface area contributed by atoms with Gasteiger partial charge in [0.25, 0.3) is 0 Å². The first-order chi connectivity index (χ1) is 7.63. The summed E-state index contributed by atoms with van der Waals surface area (Å²) in [6.45, 7) is 4.24. The Bertz CT molecular complexity index is 423. The Labute approximate surface area is 94.1 Å². The molecule has 2 rings (SSSR count). The average Bonchev–Trinajstić information content (AvgIpc) is 2.73. The van der Waals surface area contributed by atoms with Crippen molar-refractivity contribution < 1.29 is 19.0 Å². The van der Waals surface area contributed by atoms with Crippen LogP contribution in [0.4, 0.5) is 0 Å². The van der Waals surface area contributed by atoms with Gasteiger partial charge >= 0.3 is 5.97 Å². The molecule has 1 aromatic carbocycles. The van der Waals surface area contributed by atoms with Gasteiger partial charge in [-0.1, -0.05) is 13.8 Å². The molecule has 0 amide bonds. The highest BCUT2D eigenvalue weighted by atomic mass is 16.7. The van der Waals surface area contributed by atoms with Crippen molar-refractivity contribution in [2.75, 3.05) is 13.9 Å². The number of benzene rings is 1. The van der Waals surface area contributed by atoms with Crippen molar-refractivity contribution in [2.45, 2.75) is 19.8 Å². The third kappa shape index (κ3) is 1.71. The van der Waals surface area contributed by atoms with E-state index < -0.39 is 0 Å². The molecule has 4 heteroatoms. The molecule has 86 valence electrons. The maximum atomic E-state index is 11.6. The van der Waals surface area contributed by atoms with Crippen LogP contribution >= 0.6 is 0 Å². The second-order valence-electron chi connectivity index (χ2n) is 3.94. The van der Waals surface area contributed by atoms with E-state index in [9.17, 15) is 4.79 Å². The molecule has 4 nitrogen and oxygen atoms in total. The zero-order valence-corrected chi connectivity index (χ0v) is 9.57. The lowest BCUT2D eigenvalue weighted by Gasteiger charge is -2.12. The fourth-order valence-electron chi connectivity index (χ4n) is 1.72. The Balaban J connectivity index is 2.53. The summed E-state index contributed by atoms with van der Waals surface area (Å²) in [4.78, 5) is 11.6. The smallest absolute Gasteiger partial charge is 0.338 e. The fourth-order valence-corrected chi connectivity index (χ4v) is 1.72. The molecular weight excluding hydrogens is 208 g/mol. The zero-order valence-electron chi connectivity index (χ0n) is 9.57. The molecule has 1 aromatic rings. The van der Waals surface area contributed by atoms with Crippen LogP contribution in [0.25, 0.3) is 0 Å². The van der Waals surface area contributed by atoms with Crippen LogP contribution in [0.2, 0.25) is 0 Å². The molecule has 1 aliphatic heterocycles. The highest BCUT2D eigenvalue weighted by Crippen LogP contribution is 2.37. The van der Waals surface area contributed by atoms with Crippen molar-refractivity contribution in [1.82, 2.24) is 0 Å². The molecule has 0 saturated heterocycles. The summed E-state index contributed by atoms with van der Waals surface area (Å²) in [5, 5.41) is 0. The minimum Gasteiger partial charge on any atom is -0.465 e. The summed E-state index contributed by atoms with van der Waals surface area (Å²) < 4.78 is 15.3. The van der Waals surface area contributed by atoms with Gasteiger partial charge in [-0.05, 0) is 23.6 Å². The quantitative estimate of drug-likeness (QED) is 0.720. The van der Waals surface area contributed by atoms with Crippen LogP contribution in [-0.2, 0) is 4.74 Å². The van der Waals surface area contributed by atoms with Gasteiger partial charge in [-0.15, -0.1) is 0 Å². The first kappa shape index (κ1) is 10.8. The summed E-state index contributed by atoms with van der Waals surface area (Å²) in [7, 11) is 1.37. The molecule has 1 heterocycles. The molecule has 0 spiro atoms. The van der Waals surface area contributed by atoms with Gasteiger partial charge in [0.15, 0.2) is 11.5 Å². The number of hydrogen-bond donors (Lipinski definition) is 0. The van der Waals surface area contributed by atoms with Crippen LogP contribution in [0.15, 0.2) is 12.1 Å². The third-order valence-corrected chi connectivity index (χ3v) is 2.57. The zero-order chi connectivity index (χ0) is 11.7. The molecule has 1 aliphatic rings. The van der Waals surface area contributed by atoms with Crippen molar-refractivity contribution in [3.8, 4) is 11.5 Å². The van der Waals surface area contributed by atoms with E-state index in [0.29, 0.717) is 17.1 Å². The van der Waals surface area contributed by atoms with Crippen LogP contribution in [-0.4, -0.2) is 19.9 Å². The number of carbonyl (C=O) groups excluding carboxylic acids is 1. The molecule has 0 unspecified atom stereocenters. The number of fused-ring (bicyclic) bond motifs is 1. The highest BCUT2D eigenvalue weighted by Gasteiger charge is 2.22. The average molecular weight is 222 g/mol. The number of rotatable bonds is 2. The monoisotopic (exact) mass is 222 g/mol. The van der Waals surface area contributed by atoms with E-state index in [-0.39, 0.29) is 18.7 Å². The van der Waals surface area contributed by atoms with Gasteiger partial charge < -0.3 is 14.2 Å². The minimum atomic E-state index is -0.345.